The van der Waals surface area contributed by atoms with E-state index in [1.54, 1.807) is 0 Å². The summed E-state index contributed by atoms with van der Waals surface area (Å²) in [6.45, 7) is 7.93. The zero-order valence-electron chi connectivity index (χ0n) is 16.4. The number of nitrogens with one attached hydrogen (secondary N) is 1. The Morgan fingerprint density at radius 2 is 1.78 bits per heavy atom. The van der Waals surface area contributed by atoms with Gasteiger partial charge < -0.3 is 14.8 Å². The first-order valence-electron chi connectivity index (χ1n) is 9.07. The van der Waals surface area contributed by atoms with Crippen molar-refractivity contribution < 1.29 is 19.1 Å². The number of carbonyl (C=O) groups excluding carboxylic acids is 2. The molecule has 0 bridgehead atoms. The van der Waals surface area contributed by atoms with Gasteiger partial charge in [0.1, 0.15) is 5.75 Å². The van der Waals surface area contributed by atoms with Crippen molar-refractivity contribution in [2.75, 3.05) is 13.2 Å². The first-order chi connectivity index (χ1) is 12.9. The normalized spacial score (nSPS) is 10.6. The van der Waals surface area contributed by atoms with Gasteiger partial charge in [0.2, 0.25) is 0 Å². The molecule has 1 amide bonds. The van der Waals surface area contributed by atoms with Crippen molar-refractivity contribution in [2.45, 2.75) is 40.2 Å². The van der Waals surface area contributed by atoms with Gasteiger partial charge in [0.05, 0.1) is 0 Å². The number of carbonyl (C=O) groups is 2. The Balaban J connectivity index is 1.77. The van der Waals surface area contributed by atoms with Crippen LogP contribution in [0, 0.1) is 13.8 Å². The molecule has 0 aromatic heterocycles. The molecule has 0 fully saturated rings. The molecule has 0 aliphatic carbocycles. The Labute approximate surface area is 160 Å². The van der Waals surface area contributed by atoms with E-state index in [9.17, 15) is 9.59 Å². The highest BCUT2D eigenvalue weighted by Gasteiger charge is 2.12. The summed E-state index contributed by atoms with van der Waals surface area (Å²) in [5, 5.41) is 2.74. The Morgan fingerprint density at radius 3 is 2.48 bits per heavy atom. The zero-order chi connectivity index (χ0) is 19.8. The van der Waals surface area contributed by atoms with Crippen molar-refractivity contribution in [3.05, 3.63) is 64.7 Å². The molecule has 0 atom stereocenters. The van der Waals surface area contributed by atoms with Crippen LogP contribution < -0.4 is 10.1 Å². The lowest BCUT2D eigenvalue weighted by Crippen LogP contribution is -2.29. The predicted molar refractivity (Wildman–Crippen MR) is 105 cm³/mol. The van der Waals surface area contributed by atoms with E-state index >= 15 is 0 Å². The molecule has 0 saturated carbocycles. The number of amides is 1. The first kappa shape index (κ1) is 20.5. The van der Waals surface area contributed by atoms with E-state index < -0.39 is 5.97 Å². The molecule has 0 radical (unpaired) electrons. The van der Waals surface area contributed by atoms with E-state index in [1.165, 1.54) is 0 Å². The summed E-state index contributed by atoms with van der Waals surface area (Å²) in [5.41, 5.74) is 4.21. The van der Waals surface area contributed by atoms with Crippen molar-refractivity contribution in [3.63, 3.8) is 0 Å². The molecule has 5 heteroatoms. The van der Waals surface area contributed by atoms with Crippen LogP contribution in [0.5, 0.6) is 5.75 Å². The molecule has 2 rings (SSSR count). The molecule has 0 aliphatic rings. The Hall–Kier alpha value is -2.82. The van der Waals surface area contributed by atoms with Crippen LogP contribution in [-0.4, -0.2) is 25.1 Å². The minimum absolute atomic E-state index is 0.228. The molecule has 2 aromatic rings. The maximum Gasteiger partial charge on any atom is 0.344 e. The maximum absolute atomic E-state index is 11.9. The highest BCUT2D eigenvalue weighted by molar-refractivity contribution is 5.80. The lowest BCUT2D eigenvalue weighted by atomic mass is 10.0. The number of benzene rings is 2. The Morgan fingerprint density at radius 1 is 1.04 bits per heavy atom. The zero-order valence-corrected chi connectivity index (χ0v) is 16.4. The van der Waals surface area contributed by atoms with E-state index in [2.05, 4.69) is 19.2 Å². The van der Waals surface area contributed by atoms with E-state index in [1.807, 2.05) is 56.3 Å². The Bertz CT molecular complexity index is 799. The fraction of sp³-hybridized carbons (Fsp3) is 0.364. The second-order valence-electron chi connectivity index (χ2n) is 6.85. The van der Waals surface area contributed by atoms with Crippen LogP contribution in [0.15, 0.2) is 42.5 Å². The van der Waals surface area contributed by atoms with Gasteiger partial charge in [-0.05, 0) is 48.1 Å². The van der Waals surface area contributed by atoms with Crippen LogP contribution >= 0.6 is 0 Å². The third-order valence-electron chi connectivity index (χ3n) is 4.24. The minimum Gasteiger partial charge on any atom is -0.482 e. The van der Waals surface area contributed by atoms with Gasteiger partial charge in [-0.25, -0.2) is 4.79 Å². The molecule has 0 unspecified atom stereocenters. The lowest BCUT2D eigenvalue weighted by Gasteiger charge is -2.14. The molecule has 0 aliphatic heterocycles. The fourth-order valence-corrected chi connectivity index (χ4v) is 2.62. The smallest absolute Gasteiger partial charge is 0.344 e. The Kier molecular flexibility index (Phi) is 7.41. The standard InChI is InChI=1S/C22H27NO4/c1-15(2)19-10-9-16(3)11-20(19)26-14-22(25)27-13-21(24)23-12-18-8-6-5-7-17(18)4/h5-11,15H,12-14H2,1-4H3,(H,23,24). The quantitative estimate of drug-likeness (QED) is 0.721. The van der Waals surface area contributed by atoms with Crippen molar-refractivity contribution >= 4 is 11.9 Å². The van der Waals surface area contributed by atoms with Gasteiger partial charge in [-0.1, -0.05) is 50.2 Å². The monoisotopic (exact) mass is 369 g/mol. The molecule has 0 saturated heterocycles. The van der Waals surface area contributed by atoms with Crippen LogP contribution in [0.2, 0.25) is 0 Å². The summed E-state index contributed by atoms with van der Waals surface area (Å²) in [6, 6.07) is 13.7. The number of ether oxygens (including phenoxy) is 2. The van der Waals surface area contributed by atoms with Crippen molar-refractivity contribution in [3.8, 4) is 5.75 Å². The maximum atomic E-state index is 11.9. The molecule has 0 heterocycles. The summed E-state index contributed by atoms with van der Waals surface area (Å²) in [4.78, 5) is 23.8. The SMILES string of the molecule is Cc1ccc(C(C)C)c(OCC(=O)OCC(=O)NCc2ccccc2C)c1. The summed E-state index contributed by atoms with van der Waals surface area (Å²) < 4.78 is 10.6. The first-order valence-corrected chi connectivity index (χ1v) is 9.07. The van der Waals surface area contributed by atoms with E-state index in [0.717, 1.165) is 22.3 Å². The predicted octanol–water partition coefficient (Wildman–Crippen LogP) is 3.67. The van der Waals surface area contributed by atoms with Crippen LogP contribution in [0.25, 0.3) is 0 Å². The second-order valence-corrected chi connectivity index (χ2v) is 6.85. The van der Waals surface area contributed by atoms with Crippen LogP contribution in [0.3, 0.4) is 0 Å². The average Bonchev–Trinajstić information content (AvgIpc) is 2.63. The number of rotatable bonds is 8. The van der Waals surface area contributed by atoms with Crippen molar-refractivity contribution in [2.24, 2.45) is 0 Å². The minimum atomic E-state index is -0.572. The highest BCUT2D eigenvalue weighted by atomic mass is 16.6. The number of esters is 1. The van der Waals surface area contributed by atoms with E-state index in [4.69, 9.17) is 9.47 Å². The number of hydrogen-bond donors (Lipinski definition) is 1. The van der Waals surface area contributed by atoms with Gasteiger partial charge in [0, 0.05) is 6.54 Å². The molecule has 5 nitrogen and oxygen atoms in total. The van der Waals surface area contributed by atoms with Crippen molar-refractivity contribution in [1.82, 2.24) is 5.32 Å². The molecular formula is C22H27NO4. The van der Waals surface area contributed by atoms with Gasteiger partial charge in [-0.2, -0.15) is 0 Å². The van der Waals surface area contributed by atoms with Crippen molar-refractivity contribution in [1.29, 1.82) is 0 Å². The highest BCUT2D eigenvalue weighted by Crippen LogP contribution is 2.27. The molecule has 1 N–H and O–H groups in total. The van der Waals surface area contributed by atoms with Gasteiger partial charge in [0.15, 0.2) is 13.2 Å². The molecule has 0 spiro atoms. The summed E-state index contributed by atoms with van der Waals surface area (Å²) in [5.74, 6) is 0.0390. The molecule has 27 heavy (non-hydrogen) atoms. The fourth-order valence-electron chi connectivity index (χ4n) is 2.62. The van der Waals surface area contributed by atoms with Crippen LogP contribution in [-0.2, 0) is 20.9 Å². The molecule has 2 aromatic carbocycles. The van der Waals surface area contributed by atoms with Gasteiger partial charge in [0.25, 0.3) is 5.91 Å². The summed E-state index contributed by atoms with van der Waals surface area (Å²) in [6.07, 6.45) is 0. The van der Waals surface area contributed by atoms with E-state index in [0.29, 0.717) is 12.3 Å². The van der Waals surface area contributed by atoms with E-state index in [-0.39, 0.29) is 25.0 Å². The molecular weight excluding hydrogens is 342 g/mol. The summed E-state index contributed by atoms with van der Waals surface area (Å²) in [7, 11) is 0. The number of aryl methyl sites for hydroxylation is 2. The third-order valence-corrected chi connectivity index (χ3v) is 4.24. The van der Waals surface area contributed by atoms with Gasteiger partial charge in [-0.15, -0.1) is 0 Å². The van der Waals surface area contributed by atoms with Gasteiger partial charge in [-0.3, -0.25) is 4.79 Å². The average molecular weight is 369 g/mol. The third kappa shape index (κ3) is 6.44. The lowest BCUT2D eigenvalue weighted by molar-refractivity contribution is -0.150. The number of hydrogen-bond acceptors (Lipinski definition) is 4. The largest absolute Gasteiger partial charge is 0.482 e. The van der Waals surface area contributed by atoms with Gasteiger partial charge >= 0.3 is 5.97 Å². The topological polar surface area (TPSA) is 64.6 Å². The second kappa shape index (κ2) is 9.76. The summed E-state index contributed by atoms with van der Waals surface area (Å²) >= 11 is 0. The van der Waals surface area contributed by atoms with Crippen LogP contribution in [0.1, 0.15) is 42.0 Å². The van der Waals surface area contributed by atoms with Crippen LogP contribution in [0.4, 0.5) is 0 Å². The molecule has 144 valence electrons.